The molecule has 1 unspecified atom stereocenters. The number of carboxylic acid groups (broad SMARTS) is 1. The van der Waals surface area contributed by atoms with Gasteiger partial charge in [0.05, 0.1) is 11.5 Å². The van der Waals surface area contributed by atoms with Gasteiger partial charge in [-0.3, -0.25) is 9.69 Å². The molecule has 2 aliphatic heterocycles. The van der Waals surface area contributed by atoms with Gasteiger partial charge >= 0.3 is 5.97 Å². The fraction of sp³-hybridized carbons (Fsp3) is 0.875. The Labute approximate surface area is 127 Å². The van der Waals surface area contributed by atoms with Gasteiger partial charge in [0.2, 0.25) is 0 Å². The van der Waals surface area contributed by atoms with Crippen LogP contribution in [0.1, 0.15) is 46.0 Å². The Balaban J connectivity index is 1.78. The summed E-state index contributed by atoms with van der Waals surface area (Å²) < 4.78 is 0. The van der Waals surface area contributed by atoms with E-state index in [1.165, 1.54) is 0 Å². The molecule has 2 fully saturated rings. The van der Waals surface area contributed by atoms with Gasteiger partial charge in [0.15, 0.2) is 0 Å². The van der Waals surface area contributed by atoms with Crippen molar-refractivity contribution in [2.45, 2.75) is 58.0 Å². The van der Waals surface area contributed by atoms with Gasteiger partial charge in [0, 0.05) is 6.04 Å². The predicted octanol–water partition coefficient (Wildman–Crippen LogP) is 1.94. The van der Waals surface area contributed by atoms with Gasteiger partial charge in [-0.1, -0.05) is 0 Å². The average molecular weight is 293 g/mol. The van der Waals surface area contributed by atoms with Crippen molar-refractivity contribution < 1.29 is 9.90 Å². The Morgan fingerprint density at radius 3 is 2.52 bits per heavy atom. The lowest BCUT2D eigenvalue weighted by molar-refractivity contribution is -0.143. The van der Waals surface area contributed by atoms with Crippen LogP contribution < -0.4 is 0 Å². The van der Waals surface area contributed by atoms with Crippen molar-refractivity contribution >= 4 is 5.97 Å². The van der Waals surface area contributed by atoms with Crippen molar-refractivity contribution in [3.05, 3.63) is 0 Å². The summed E-state index contributed by atoms with van der Waals surface area (Å²) in [7, 11) is 0. The summed E-state index contributed by atoms with van der Waals surface area (Å²) in [5, 5.41) is 18.3. The first-order valence-electron chi connectivity index (χ1n) is 8.05. The highest BCUT2D eigenvalue weighted by atomic mass is 16.4. The molecule has 0 radical (unpaired) electrons. The minimum absolute atomic E-state index is 0.250. The van der Waals surface area contributed by atoms with Crippen LogP contribution in [0.3, 0.4) is 0 Å². The van der Waals surface area contributed by atoms with Crippen LogP contribution in [0.25, 0.3) is 0 Å². The molecule has 0 bridgehead atoms. The van der Waals surface area contributed by atoms with E-state index in [9.17, 15) is 9.90 Å². The molecule has 1 N–H and O–H groups in total. The minimum Gasteiger partial charge on any atom is -0.480 e. The van der Waals surface area contributed by atoms with Crippen molar-refractivity contribution in [3.8, 4) is 6.07 Å². The number of hydrogen-bond donors (Lipinski definition) is 1. The Bertz CT molecular complexity index is 408. The molecule has 0 aromatic carbocycles. The van der Waals surface area contributed by atoms with E-state index in [1.807, 2.05) is 13.8 Å². The number of rotatable bonds is 5. The summed E-state index contributed by atoms with van der Waals surface area (Å²) in [6.07, 6.45) is 4.81. The quantitative estimate of drug-likeness (QED) is 0.839. The minimum atomic E-state index is -0.661. The van der Waals surface area contributed by atoms with Gasteiger partial charge in [0.25, 0.3) is 0 Å². The van der Waals surface area contributed by atoms with Crippen LogP contribution in [0, 0.1) is 16.7 Å². The van der Waals surface area contributed by atoms with Gasteiger partial charge in [-0.25, -0.2) is 0 Å². The van der Waals surface area contributed by atoms with Crippen molar-refractivity contribution in [1.29, 1.82) is 5.26 Å². The largest absolute Gasteiger partial charge is 0.480 e. The second-order valence-corrected chi connectivity index (χ2v) is 7.05. The van der Waals surface area contributed by atoms with Crippen molar-refractivity contribution in [3.63, 3.8) is 0 Å². The second-order valence-electron chi connectivity index (χ2n) is 7.05. The summed E-state index contributed by atoms with van der Waals surface area (Å²) in [5.41, 5.74) is -0.250. The van der Waals surface area contributed by atoms with Crippen molar-refractivity contribution in [1.82, 2.24) is 9.80 Å². The lowest BCUT2D eigenvalue weighted by Crippen LogP contribution is -2.49. The maximum Gasteiger partial charge on any atom is 0.320 e. The molecular weight excluding hydrogens is 266 g/mol. The molecule has 0 spiro atoms. The van der Waals surface area contributed by atoms with E-state index in [0.717, 1.165) is 58.3 Å². The third-order valence-corrected chi connectivity index (χ3v) is 4.96. The number of carbonyl (C=O) groups is 1. The van der Waals surface area contributed by atoms with E-state index >= 15 is 0 Å². The molecule has 0 aliphatic carbocycles. The zero-order chi connectivity index (χ0) is 15.5. The highest BCUT2D eigenvalue weighted by molar-refractivity contribution is 5.73. The number of nitriles is 1. The van der Waals surface area contributed by atoms with Crippen LogP contribution in [-0.4, -0.2) is 59.1 Å². The summed E-state index contributed by atoms with van der Waals surface area (Å²) in [4.78, 5) is 15.9. The zero-order valence-corrected chi connectivity index (χ0v) is 13.2. The molecule has 0 aromatic rings. The number of piperidine rings is 1. The van der Waals surface area contributed by atoms with E-state index in [2.05, 4.69) is 15.9 Å². The van der Waals surface area contributed by atoms with Crippen molar-refractivity contribution in [2.75, 3.05) is 26.2 Å². The molecule has 1 atom stereocenters. The monoisotopic (exact) mass is 293 g/mol. The van der Waals surface area contributed by atoms with Crippen LogP contribution in [0.15, 0.2) is 0 Å². The van der Waals surface area contributed by atoms with Crippen LogP contribution in [0.4, 0.5) is 0 Å². The lowest BCUT2D eigenvalue weighted by atomic mass is 9.90. The molecule has 118 valence electrons. The Kier molecular flexibility index (Phi) is 5.23. The number of aliphatic carboxylic acids is 1. The van der Waals surface area contributed by atoms with Crippen LogP contribution in [-0.2, 0) is 4.79 Å². The molecule has 21 heavy (non-hydrogen) atoms. The molecule has 2 aliphatic rings. The maximum absolute atomic E-state index is 11.3. The molecule has 5 nitrogen and oxygen atoms in total. The summed E-state index contributed by atoms with van der Waals surface area (Å²) in [6.45, 7) is 7.92. The van der Waals surface area contributed by atoms with Gasteiger partial charge in [-0.2, -0.15) is 5.26 Å². The SMILES string of the molecule is CC(C)(C#N)CCN1CCC(N2CCCC2C(=O)O)CC1. The van der Waals surface area contributed by atoms with Gasteiger partial charge in [-0.05, 0) is 72.1 Å². The van der Waals surface area contributed by atoms with E-state index in [4.69, 9.17) is 5.26 Å². The zero-order valence-electron chi connectivity index (χ0n) is 13.2. The first-order valence-corrected chi connectivity index (χ1v) is 8.05. The third kappa shape index (κ3) is 4.18. The Morgan fingerprint density at radius 1 is 1.29 bits per heavy atom. The fourth-order valence-corrected chi connectivity index (χ4v) is 3.46. The normalized spacial score (nSPS) is 25.9. The standard InChI is InChI=1S/C16H27N3O2/c1-16(2,12-17)7-11-18-9-5-13(6-10-18)19-8-3-4-14(19)15(20)21/h13-14H,3-11H2,1-2H3,(H,20,21). The van der Waals surface area contributed by atoms with Gasteiger partial charge in [0.1, 0.15) is 6.04 Å². The first-order chi connectivity index (χ1) is 9.93. The van der Waals surface area contributed by atoms with Crippen LogP contribution >= 0.6 is 0 Å². The van der Waals surface area contributed by atoms with Gasteiger partial charge in [-0.15, -0.1) is 0 Å². The lowest BCUT2D eigenvalue weighted by Gasteiger charge is -2.38. The molecule has 5 heteroatoms. The van der Waals surface area contributed by atoms with E-state index in [1.54, 1.807) is 0 Å². The predicted molar refractivity (Wildman–Crippen MR) is 80.8 cm³/mol. The van der Waals surface area contributed by atoms with Crippen LogP contribution in [0.5, 0.6) is 0 Å². The molecule has 2 rings (SSSR count). The highest BCUT2D eigenvalue weighted by Crippen LogP contribution is 2.27. The molecular formula is C16H27N3O2. The molecule has 0 aromatic heterocycles. The number of carboxylic acids is 1. The number of likely N-dealkylation sites (tertiary alicyclic amines) is 2. The number of nitrogens with zero attached hydrogens (tertiary/aromatic N) is 3. The Morgan fingerprint density at radius 2 is 1.95 bits per heavy atom. The fourth-order valence-electron chi connectivity index (χ4n) is 3.46. The van der Waals surface area contributed by atoms with Gasteiger partial charge < -0.3 is 10.0 Å². The van der Waals surface area contributed by atoms with E-state index in [0.29, 0.717) is 6.04 Å². The molecule has 0 saturated carbocycles. The Hall–Kier alpha value is -1.12. The molecule has 2 heterocycles. The third-order valence-electron chi connectivity index (χ3n) is 4.96. The molecule has 2 saturated heterocycles. The topological polar surface area (TPSA) is 67.6 Å². The summed E-state index contributed by atoms with van der Waals surface area (Å²) in [5.74, 6) is -0.661. The second kappa shape index (κ2) is 6.76. The maximum atomic E-state index is 11.3. The summed E-state index contributed by atoms with van der Waals surface area (Å²) >= 11 is 0. The number of hydrogen-bond acceptors (Lipinski definition) is 4. The molecule has 0 amide bonds. The summed E-state index contributed by atoms with van der Waals surface area (Å²) in [6, 6.07) is 2.51. The highest BCUT2D eigenvalue weighted by Gasteiger charge is 2.36. The van der Waals surface area contributed by atoms with E-state index in [-0.39, 0.29) is 11.5 Å². The van der Waals surface area contributed by atoms with Crippen LogP contribution in [0.2, 0.25) is 0 Å². The van der Waals surface area contributed by atoms with Crippen molar-refractivity contribution in [2.24, 2.45) is 5.41 Å². The average Bonchev–Trinajstić information content (AvgIpc) is 2.95. The smallest absolute Gasteiger partial charge is 0.320 e. The first kappa shape index (κ1) is 16.3. The van der Waals surface area contributed by atoms with E-state index < -0.39 is 5.97 Å².